The molecule has 2 heterocycles. The average molecular weight is 719 g/mol. The number of alkyl carbamates (subject to hydrolysis) is 1. The van der Waals surface area contributed by atoms with Crippen molar-refractivity contribution in [3.8, 4) is 16.9 Å². The molecule has 0 bridgehead atoms. The van der Waals surface area contributed by atoms with E-state index in [0.717, 1.165) is 49.8 Å². The van der Waals surface area contributed by atoms with E-state index >= 15 is 0 Å². The van der Waals surface area contributed by atoms with Crippen LogP contribution in [0.15, 0.2) is 48.5 Å². The van der Waals surface area contributed by atoms with Crippen LogP contribution in [0.2, 0.25) is 5.02 Å². The number of rotatable bonds is 11. The summed E-state index contributed by atoms with van der Waals surface area (Å²) in [6, 6.07) is 14.0. The summed E-state index contributed by atoms with van der Waals surface area (Å²) >= 11 is 7.04. The Hall–Kier alpha value is -4.57. The van der Waals surface area contributed by atoms with Gasteiger partial charge in [0.15, 0.2) is 0 Å². The van der Waals surface area contributed by atoms with Gasteiger partial charge in [0.2, 0.25) is 0 Å². The monoisotopic (exact) mass is 718 g/mol. The zero-order valence-corrected chi connectivity index (χ0v) is 31.8. The number of carbonyl (C=O) groups is 2. The van der Waals surface area contributed by atoms with Crippen molar-refractivity contribution in [2.45, 2.75) is 92.4 Å². The van der Waals surface area contributed by atoms with E-state index in [1.54, 1.807) is 6.07 Å². The molecule has 0 saturated heterocycles. The number of nitrogens with zero attached hydrogens (tertiary/aromatic N) is 3. The number of hydrogen-bond donors (Lipinski definition) is 1. The molecule has 11 heteroatoms. The molecule has 51 heavy (non-hydrogen) atoms. The minimum absolute atomic E-state index is 0.303. The first-order valence-electron chi connectivity index (χ1n) is 17.3. The third-order valence-electron chi connectivity index (χ3n) is 8.49. The van der Waals surface area contributed by atoms with E-state index in [1.807, 2.05) is 102 Å². The van der Waals surface area contributed by atoms with Crippen LogP contribution >= 0.6 is 11.6 Å². The van der Waals surface area contributed by atoms with Crippen LogP contribution in [0.25, 0.3) is 32.8 Å². The molecular weight excluding hydrogens is 671 g/mol. The van der Waals surface area contributed by atoms with Crippen LogP contribution in [0.1, 0.15) is 81.8 Å². The molecule has 0 aliphatic rings. The van der Waals surface area contributed by atoms with Crippen molar-refractivity contribution in [3.63, 3.8) is 0 Å². The summed E-state index contributed by atoms with van der Waals surface area (Å²) in [5, 5.41) is 10.5. The van der Waals surface area contributed by atoms with Crippen molar-refractivity contribution < 1.29 is 28.2 Å². The molecule has 1 amide bonds. The predicted molar refractivity (Wildman–Crippen MR) is 200 cm³/mol. The quantitative estimate of drug-likeness (QED) is 0.108. The molecule has 2 aromatic heterocycles. The normalized spacial score (nSPS) is 12.1. The third-order valence-corrected chi connectivity index (χ3v) is 8.80. The van der Waals surface area contributed by atoms with Crippen molar-refractivity contribution in [3.05, 3.63) is 82.0 Å². The molecule has 0 aliphatic carbocycles. The Balaban J connectivity index is 1.57. The van der Waals surface area contributed by atoms with E-state index in [-0.39, 0.29) is 5.82 Å². The SMILES string of the molecule is Cc1nn(C)c(C)c1-c1c(Cl)ccc2c(CCCOc3cccc4cc(F)ccc34)c(C(=O)OC(C)(C)C)n(CCCNC(=O)OC(C)(C)C)c12. The zero-order chi connectivity index (χ0) is 37.2. The molecule has 272 valence electrons. The number of nitrogens with one attached hydrogen (secondary N) is 1. The number of amides is 1. The first-order chi connectivity index (χ1) is 23.9. The molecule has 5 rings (SSSR count). The number of carbonyl (C=O) groups excluding carboxylic acids is 2. The van der Waals surface area contributed by atoms with E-state index in [9.17, 15) is 14.0 Å². The summed E-state index contributed by atoms with van der Waals surface area (Å²) in [4.78, 5) is 26.7. The van der Waals surface area contributed by atoms with Gasteiger partial charge in [-0.15, -0.1) is 0 Å². The van der Waals surface area contributed by atoms with E-state index in [0.29, 0.717) is 55.4 Å². The van der Waals surface area contributed by atoms with Gasteiger partial charge in [-0.2, -0.15) is 5.10 Å². The summed E-state index contributed by atoms with van der Waals surface area (Å²) in [7, 11) is 1.89. The number of aryl methyl sites for hydroxylation is 4. The van der Waals surface area contributed by atoms with Gasteiger partial charge in [0.1, 0.15) is 28.5 Å². The number of aromatic nitrogens is 3. The van der Waals surface area contributed by atoms with Gasteiger partial charge in [-0.3, -0.25) is 4.68 Å². The van der Waals surface area contributed by atoms with Gasteiger partial charge in [0.05, 0.1) is 22.8 Å². The number of halogens is 2. The van der Waals surface area contributed by atoms with Crippen LogP contribution in [0.4, 0.5) is 9.18 Å². The Morgan fingerprint density at radius 1 is 0.922 bits per heavy atom. The second-order valence-corrected chi connectivity index (χ2v) is 15.2. The highest BCUT2D eigenvalue weighted by molar-refractivity contribution is 6.35. The molecule has 0 aliphatic heterocycles. The summed E-state index contributed by atoms with van der Waals surface area (Å²) in [6.07, 6.45) is 1.07. The lowest BCUT2D eigenvalue weighted by atomic mass is 9.98. The van der Waals surface area contributed by atoms with Crippen molar-refractivity contribution >= 4 is 45.3 Å². The van der Waals surface area contributed by atoms with Gasteiger partial charge >= 0.3 is 12.1 Å². The third kappa shape index (κ3) is 8.67. The second kappa shape index (κ2) is 15.0. The number of esters is 1. The molecule has 1 N–H and O–H groups in total. The Morgan fingerprint density at radius 2 is 1.63 bits per heavy atom. The number of fused-ring (bicyclic) bond motifs is 2. The summed E-state index contributed by atoms with van der Waals surface area (Å²) in [5.74, 6) is -0.0913. The summed E-state index contributed by atoms with van der Waals surface area (Å²) in [6.45, 7) is 16.0. The van der Waals surface area contributed by atoms with E-state index in [1.165, 1.54) is 12.1 Å². The fourth-order valence-electron chi connectivity index (χ4n) is 6.43. The summed E-state index contributed by atoms with van der Waals surface area (Å²) < 4.78 is 35.4. The highest BCUT2D eigenvalue weighted by Gasteiger charge is 2.30. The Morgan fingerprint density at radius 3 is 2.29 bits per heavy atom. The van der Waals surface area contributed by atoms with Crippen LogP contribution < -0.4 is 10.1 Å². The average Bonchev–Trinajstić information content (AvgIpc) is 3.47. The maximum atomic E-state index is 14.2. The second-order valence-electron chi connectivity index (χ2n) is 14.8. The van der Waals surface area contributed by atoms with Crippen molar-refractivity contribution in [1.29, 1.82) is 0 Å². The molecule has 0 fully saturated rings. The minimum Gasteiger partial charge on any atom is -0.493 e. The van der Waals surface area contributed by atoms with Crippen molar-refractivity contribution in [2.24, 2.45) is 7.05 Å². The van der Waals surface area contributed by atoms with E-state index in [2.05, 4.69) is 10.4 Å². The number of ether oxygens (including phenoxy) is 3. The molecule has 3 aromatic carbocycles. The van der Waals surface area contributed by atoms with Crippen LogP contribution in [0.5, 0.6) is 5.75 Å². The molecule has 5 aromatic rings. The van der Waals surface area contributed by atoms with Crippen LogP contribution in [0.3, 0.4) is 0 Å². The number of hydrogen-bond acceptors (Lipinski definition) is 6. The largest absolute Gasteiger partial charge is 0.493 e. The highest BCUT2D eigenvalue weighted by Crippen LogP contribution is 2.42. The Labute approximate surface area is 304 Å². The lowest BCUT2D eigenvalue weighted by Crippen LogP contribution is -2.33. The van der Waals surface area contributed by atoms with Gasteiger partial charge in [0.25, 0.3) is 0 Å². The molecule has 0 spiro atoms. The molecule has 0 atom stereocenters. The van der Waals surface area contributed by atoms with Gasteiger partial charge in [-0.25, -0.2) is 14.0 Å². The van der Waals surface area contributed by atoms with Crippen molar-refractivity contribution in [2.75, 3.05) is 13.2 Å². The molecule has 0 unspecified atom stereocenters. The molecular formula is C40H48ClFN4O5. The Bertz CT molecular complexity index is 2090. The minimum atomic E-state index is -0.748. The predicted octanol–water partition coefficient (Wildman–Crippen LogP) is 9.49. The van der Waals surface area contributed by atoms with Crippen LogP contribution in [-0.2, 0) is 29.5 Å². The topological polar surface area (TPSA) is 96.6 Å². The standard InChI is InChI=1S/C40H48ClFN4O5/c1-24-33(25(2)45(9)44-24)34-31(41)19-18-30-29(14-11-22-49-32-15-10-13-26-23-27(42)16-17-28(26)32)36(37(47)50-39(3,4)5)46(35(30)34)21-12-20-43-38(48)51-40(6,7)8/h10,13,15-19,23H,11-12,14,20-22H2,1-9H3,(H,43,48). The zero-order valence-electron chi connectivity index (χ0n) is 31.0. The number of benzene rings is 3. The van der Waals surface area contributed by atoms with Gasteiger partial charge in [-0.1, -0.05) is 29.8 Å². The summed E-state index contributed by atoms with van der Waals surface area (Å²) in [5.41, 5.74) is 4.11. The van der Waals surface area contributed by atoms with Crippen molar-refractivity contribution in [1.82, 2.24) is 19.7 Å². The smallest absolute Gasteiger partial charge is 0.407 e. The highest BCUT2D eigenvalue weighted by atomic mass is 35.5. The lowest BCUT2D eigenvalue weighted by Gasteiger charge is -2.22. The lowest BCUT2D eigenvalue weighted by molar-refractivity contribution is 0.00561. The van der Waals surface area contributed by atoms with Gasteiger partial charge in [0, 0.05) is 47.7 Å². The first-order valence-corrected chi connectivity index (χ1v) is 17.7. The van der Waals surface area contributed by atoms with Gasteiger partial charge < -0.3 is 24.1 Å². The fraction of sp³-hybridized carbons (Fsp3) is 0.425. The van der Waals surface area contributed by atoms with E-state index < -0.39 is 23.3 Å². The molecule has 0 saturated carbocycles. The molecule has 9 nitrogen and oxygen atoms in total. The van der Waals surface area contributed by atoms with Gasteiger partial charge in [-0.05, 0) is 116 Å². The van der Waals surface area contributed by atoms with Crippen LogP contribution in [0, 0.1) is 19.7 Å². The fourth-order valence-corrected chi connectivity index (χ4v) is 6.67. The maximum Gasteiger partial charge on any atom is 0.407 e. The first kappa shape index (κ1) is 37.7. The maximum absolute atomic E-state index is 14.2. The van der Waals surface area contributed by atoms with E-state index in [4.69, 9.17) is 25.8 Å². The van der Waals surface area contributed by atoms with Crippen LogP contribution in [-0.4, -0.2) is 50.8 Å². The Kier molecular flexibility index (Phi) is 11.1. The molecule has 0 radical (unpaired) electrons.